The highest BCUT2D eigenvalue weighted by atomic mass is 19.4. The molecule has 5 heteroatoms. The zero-order valence-corrected chi connectivity index (χ0v) is 10.0. The van der Waals surface area contributed by atoms with Crippen LogP contribution in [-0.4, -0.2) is 30.1 Å². The van der Waals surface area contributed by atoms with Gasteiger partial charge in [-0.25, -0.2) is 0 Å². The largest absolute Gasteiger partial charge is 0.403 e. The Kier molecular flexibility index (Phi) is 3.12. The summed E-state index contributed by atoms with van der Waals surface area (Å²) in [5.41, 5.74) is -2.05. The average molecular weight is 249 g/mol. The van der Waals surface area contributed by atoms with Gasteiger partial charge in [0.15, 0.2) is 0 Å². The summed E-state index contributed by atoms with van der Waals surface area (Å²) in [7, 11) is 0. The van der Waals surface area contributed by atoms with Gasteiger partial charge in [0.25, 0.3) is 0 Å². The van der Waals surface area contributed by atoms with Crippen molar-refractivity contribution in [3.8, 4) is 0 Å². The summed E-state index contributed by atoms with van der Waals surface area (Å²) in [5, 5.41) is 0. The lowest BCUT2D eigenvalue weighted by atomic mass is 9.67. The average Bonchev–Trinajstić information content (AvgIpc) is 2.14. The molecule has 1 aliphatic heterocycles. The second-order valence-corrected chi connectivity index (χ2v) is 5.41. The van der Waals surface area contributed by atoms with E-state index in [-0.39, 0.29) is 12.8 Å². The maximum Gasteiger partial charge on any atom is 0.403 e. The number of nitrogens with zero attached hydrogens (tertiary/aromatic N) is 1. The summed E-state index contributed by atoms with van der Waals surface area (Å²) in [5.74, 6) is -0.162. The van der Waals surface area contributed by atoms with E-state index in [1.807, 2.05) is 0 Å². The van der Waals surface area contributed by atoms with Crippen LogP contribution in [0.1, 0.15) is 39.0 Å². The minimum Gasteiger partial charge on any atom is -0.342 e. The van der Waals surface area contributed by atoms with Crippen molar-refractivity contribution in [2.75, 3.05) is 13.1 Å². The van der Waals surface area contributed by atoms with Gasteiger partial charge < -0.3 is 4.90 Å². The number of likely N-dealkylation sites (tertiary alicyclic amines) is 1. The van der Waals surface area contributed by atoms with Crippen LogP contribution < -0.4 is 0 Å². The van der Waals surface area contributed by atoms with Gasteiger partial charge in [-0.05, 0) is 31.6 Å². The summed E-state index contributed by atoms with van der Waals surface area (Å²) in [4.78, 5) is 13.5. The van der Waals surface area contributed by atoms with Gasteiger partial charge in [0.2, 0.25) is 5.91 Å². The summed E-state index contributed by atoms with van der Waals surface area (Å²) >= 11 is 0. The van der Waals surface area contributed by atoms with Crippen molar-refractivity contribution in [3.05, 3.63) is 0 Å². The van der Waals surface area contributed by atoms with Gasteiger partial charge in [0.05, 0.1) is 0 Å². The van der Waals surface area contributed by atoms with E-state index >= 15 is 0 Å². The molecule has 0 bridgehead atoms. The molecule has 0 aromatic rings. The van der Waals surface area contributed by atoms with E-state index in [0.29, 0.717) is 25.4 Å². The molecular weight excluding hydrogens is 231 g/mol. The molecule has 17 heavy (non-hydrogen) atoms. The third-order valence-electron chi connectivity index (χ3n) is 4.23. The number of hydrogen-bond acceptors (Lipinski definition) is 1. The van der Waals surface area contributed by atoms with E-state index in [0.717, 1.165) is 12.8 Å². The number of rotatable bonds is 1. The quantitative estimate of drug-likeness (QED) is 0.699. The Hall–Kier alpha value is -0.740. The lowest BCUT2D eigenvalue weighted by molar-refractivity contribution is -0.248. The molecule has 2 aliphatic rings. The minimum absolute atomic E-state index is 0.0264. The minimum atomic E-state index is -4.38. The van der Waals surface area contributed by atoms with Crippen LogP contribution in [0.5, 0.6) is 0 Å². The molecule has 0 aromatic carbocycles. The van der Waals surface area contributed by atoms with Crippen molar-refractivity contribution in [2.24, 2.45) is 11.3 Å². The molecular formula is C12H18F3NO. The molecule has 2 rings (SSSR count). The number of alkyl halides is 3. The van der Waals surface area contributed by atoms with Crippen LogP contribution in [0.4, 0.5) is 13.2 Å². The maximum absolute atomic E-state index is 13.0. The lowest BCUT2D eigenvalue weighted by Gasteiger charge is -2.45. The molecule has 0 atom stereocenters. The highest BCUT2D eigenvalue weighted by Gasteiger charge is 2.64. The van der Waals surface area contributed by atoms with Crippen molar-refractivity contribution in [3.63, 3.8) is 0 Å². The topological polar surface area (TPSA) is 20.3 Å². The van der Waals surface area contributed by atoms with Crippen LogP contribution in [0.25, 0.3) is 0 Å². The number of carbonyl (C=O) groups excluding carboxylic acids is 1. The first-order valence-corrected chi connectivity index (χ1v) is 6.23. The number of carbonyl (C=O) groups is 1. The van der Waals surface area contributed by atoms with Crippen LogP contribution in [0.2, 0.25) is 0 Å². The zero-order valence-electron chi connectivity index (χ0n) is 10.0. The molecule has 1 amide bonds. The highest BCUT2D eigenvalue weighted by Crippen LogP contribution is 2.54. The fourth-order valence-electron chi connectivity index (χ4n) is 2.66. The number of piperidine rings is 1. The Morgan fingerprint density at radius 1 is 1.24 bits per heavy atom. The standard InChI is InChI=1S/C12H18F3NO/c1-9-3-7-16(8-4-9)10(17)11(5-2-6-11)12(13,14)15/h9H,2-8H2,1H3. The Labute approximate surface area is 99.2 Å². The molecule has 0 radical (unpaired) electrons. The van der Waals surface area contributed by atoms with Crippen LogP contribution >= 0.6 is 0 Å². The van der Waals surface area contributed by atoms with Gasteiger partial charge in [0, 0.05) is 13.1 Å². The molecule has 0 unspecified atom stereocenters. The molecule has 0 N–H and O–H groups in total. The van der Waals surface area contributed by atoms with Crippen molar-refractivity contribution in [2.45, 2.75) is 45.2 Å². The highest BCUT2D eigenvalue weighted by molar-refractivity contribution is 5.84. The van der Waals surface area contributed by atoms with E-state index in [9.17, 15) is 18.0 Å². The van der Waals surface area contributed by atoms with E-state index in [4.69, 9.17) is 0 Å². The fourth-order valence-corrected chi connectivity index (χ4v) is 2.66. The van der Waals surface area contributed by atoms with Crippen LogP contribution in [-0.2, 0) is 4.79 Å². The summed E-state index contributed by atoms with van der Waals surface area (Å²) in [6.45, 7) is 3.04. The lowest BCUT2D eigenvalue weighted by Crippen LogP contribution is -2.57. The monoisotopic (exact) mass is 249 g/mol. The first-order chi connectivity index (χ1) is 7.87. The Balaban J connectivity index is 2.08. The van der Waals surface area contributed by atoms with Crippen molar-refractivity contribution >= 4 is 5.91 Å². The van der Waals surface area contributed by atoms with Crippen LogP contribution in [0, 0.1) is 11.3 Å². The second kappa shape index (κ2) is 4.18. The number of halogens is 3. The SMILES string of the molecule is CC1CCN(C(=O)C2(C(F)(F)F)CCC2)CC1. The van der Waals surface area contributed by atoms with Gasteiger partial charge in [-0.1, -0.05) is 13.3 Å². The second-order valence-electron chi connectivity index (χ2n) is 5.41. The first kappa shape index (κ1) is 12.7. The van der Waals surface area contributed by atoms with Gasteiger partial charge in [-0.3, -0.25) is 4.79 Å². The van der Waals surface area contributed by atoms with Gasteiger partial charge in [-0.2, -0.15) is 13.2 Å². The fraction of sp³-hybridized carbons (Fsp3) is 0.917. The molecule has 2 nitrogen and oxygen atoms in total. The number of amides is 1. The van der Waals surface area contributed by atoms with Crippen molar-refractivity contribution < 1.29 is 18.0 Å². The van der Waals surface area contributed by atoms with E-state index in [1.54, 1.807) is 0 Å². The third kappa shape index (κ3) is 2.04. The van der Waals surface area contributed by atoms with E-state index in [1.165, 1.54) is 4.90 Å². The van der Waals surface area contributed by atoms with Gasteiger partial charge >= 0.3 is 6.18 Å². The van der Waals surface area contributed by atoms with Gasteiger partial charge in [-0.15, -0.1) is 0 Å². The van der Waals surface area contributed by atoms with Crippen LogP contribution in [0.3, 0.4) is 0 Å². The first-order valence-electron chi connectivity index (χ1n) is 6.23. The smallest absolute Gasteiger partial charge is 0.342 e. The summed E-state index contributed by atoms with van der Waals surface area (Å²) in [6.07, 6.45) is -2.29. The van der Waals surface area contributed by atoms with Crippen LogP contribution in [0.15, 0.2) is 0 Å². The molecule has 1 heterocycles. The zero-order chi connectivity index (χ0) is 12.7. The predicted molar refractivity (Wildman–Crippen MR) is 57.3 cm³/mol. The Bertz CT molecular complexity index is 301. The molecule has 98 valence electrons. The van der Waals surface area contributed by atoms with Crippen molar-refractivity contribution in [1.82, 2.24) is 4.90 Å². The Morgan fingerprint density at radius 2 is 1.76 bits per heavy atom. The maximum atomic E-state index is 13.0. The Morgan fingerprint density at radius 3 is 2.12 bits per heavy atom. The van der Waals surface area contributed by atoms with Gasteiger partial charge in [0.1, 0.15) is 5.41 Å². The molecule has 0 spiro atoms. The summed E-state index contributed by atoms with van der Waals surface area (Å²) in [6, 6.07) is 0. The molecule has 1 saturated carbocycles. The third-order valence-corrected chi connectivity index (χ3v) is 4.23. The molecule has 1 saturated heterocycles. The molecule has 2 fully saturated rings. The normalized spacial score (nSPS) is 25.5. The molecule has 1 aliphatic carbocycles. The van der Waals surface area contributed by atoms with Crippen molar-refractivity contribution in [1.29, 1.82) is 0 Å². The van der Waals surface area contributed by atoms with E-state index in [2.05, 4.69) is 6.92 Å². The number of hydrogen-bond donors (Lipinski definition) is 0. The van der Waals surface area contributed by atoms with E-state index < -0.39 is 17.5 Å². The summed E-state index contributed by atoms with van der Waals surface area (Å²) < 4.78 is 39.0. The predicted octanol–water partition coefficient (Wildman–Crippen LogP) is 2.98. The molecule has 0 aromatic heterocycles.